The molecule has 2 heteroatoms. The maximum absolute atomic E-state index is 10.5. The van der Waals surface area contributed by atoms with Crippen molar-refractivity contribution in [3.63, 3.8) is 0 Å². The molecule has 0 radical (unpaired) electrons. The summed E-state index contributed by atoms with van der Waals surface area (Å²) in [6.45, 7) is 9.35. The van der Waals surface area contributed by atoms with E-state index in [0.29, 0.717) is 5.92 Å². The second-order valence-corrected chi connectivity index (χ2v) is 6.76. The highest BCUT2D eigenvalue weighted by Crippen LogP contribution is 2.20. The molecule has 21 heavy (non-hydrogen) atoms. The molecule has 0 aliphatic rings. The first-order valence-corrected chi connectivity index (χ1v) is 9.41. The van der Waals surface area contributed by atoms with Crippen molar-refractivity contribution in [3.8, 4) is 0 Å². The van der Waals surface area contributed by atoms with Crippen LogP contribution in [0.4, 0.5) is 0 Å². The highest BCUT2D eigenvalue weighted by Gasteiger charge is 2.19. The monoisotopic (exact) mass is 300 g/mol. The molecule has 128 valence electrons. The minimum atomic E-state index is -0.174. The average Bonchev–Trinajstić information content (AvgIpc) is 2.45. The first-order chi connectivity index (χ1) is 10.1. The van der Waals surface area contributed by atoms with Crippen molar-refractivity contribution in [1.29, 1.82) is 0 Å². The minimum Gasteiger partial charge on any atom is -0.393 e. The van der Waals surface area contributed by atoms with Gasteiger partial charge in [-0.05, 0) is 26.7 Å². The smallest absolute Gasteiger partial charge is 0.0590 e. The van der Waals surface area contributed by atoms with Crippen LogP contribution in [0.25, 0.3) is 0 Å². The highest BCUT2D eigenvalue weighted by atomic mass is 16.5. The van der Waals surface area contributed by atoms with Crippen molar-refractivity contribution < 1.29 is 9.84 Å². The summed E-state index contributed by atoms with van der Waals surface area (Å²) >= 11 is 0. The molecular weight excluding hydrogens is 260 g/mol. The molecule has 0 aromatic heterocycles. The Morgan fingerprint density at radius 2 is 1.29 bits per heavy atom. The molecule has 0 bridgehead atoms. The Balaban J connectivity index is 3.96. The summed E-state index contributed by atoms with van der Waals surface area (Å²) in [5.74, 6) is 0.329. The lowest BCUT2D eigenvalue weighted by Crippen LogP contribution is -2.26. The van der Waals surface area contributed by atoms with Crippen molar-refractivity contribution in [3.05, 3.63) is 0 Å². The predicted molar refractivity (Wildman–Crippen MR) is 92.7 cm³/mol. The molecule has 0 aliphatic heterocycles. The van der Waals surface area contributed by atoms with E-state index in [2.05, 4.69) is 27.7 Å². The summed E-state index contributed by atoms with van der Waals surface area (Å²) in [7, 11) is 0. The maximum atomic E-state index is 10.5. The third kappa shape index (κ3) is 13.3. The van der Waals surface area contributed by atoms with E-state index in [4.69, 9.17) is 4.74 Å². The SMILES string of the molecule is CCCCCCCC(O)C(CCCCCC)COC(C)C. The van der Waals surface area contributed by atoms with Gasteiger partial charge in [0.2, 0.25) is 0 Å². The van der Waals surface area contributed by atoms with Crippen LogP contribution in [-0.2, 0) is 4.74 Å². The lowest BCUT2D eigenvalue weighted by atomic mass is 9.92. The lowest BCUT2D eigenvalue weighted by Gasteiger charge is -2.24. The van der Waals surface area contributed by atoms with Crippen LogP contribution in [0.3, 0.4) is 0 Å². The van der Waals surface area contributed by atoms with Gasteiger partial charge in [0.05, 0.1) is 18.8 Å². The van der Waals surface area contributed by atoms with E-state index >= 15 is 0 Å². The molecule has 1 N–H and O–H groups in total. The summed E-state index contributed by atoms with van der Waals surface area (Å²) in [5.41, 5.74) is 0. The number of hydrogen-bond donors (Lipinski definition) is 1. The van der Waals surface area contributed by atoms with Crippen molar-refractivity contribution in [2.24, 2.45) is 5.92 Å². The number of unbranched alkanes of at least 4 members (excludes halogenated alkanes) is 7. The molecule has 0 aromatic carbocycles. The zero-order chi connectivity index (χ0) is 15.9. The van der Waals surface area contributed by atoms with Gasteiger partial charge < -0.3 is 9.84 Å². The average molecular weight is 301 g/mol. The maximum Gasteiger partial charge on any atom is 0.0590 e. The van der Waals surface area contributed by atoms with E-state index in [-0.39, 0.29) is 12.2 Å². The summed E-state index contributed by atoms with van der Waals surface area (Å²) < 4.78 is 5.77. The van der Waals surface area contributed by atoms with Gasteiger partial charge in [-0.1, -0.05) is 71.6 Å². The van der Waals surface area contributed by atoms with Crippen LogP contribution in [0.2, 0.25) is 0 Å². The van der Waals surface area contributed by atoms with E-state index < -0.39 is 0 Å². The first-order valence-electron chi connectivity index (χ1n) is 9.41. The second-order valence-electron chi connectivity index (χ2n) is 6.76. The zero-order valence-corrected chi connectivity index (χ0v) is 15.1. The van der Waals surface area contributed by atoms with E-state index in [9.17, 15) is 5.11 Å². The number of aliphatic hydroxyl groups excluding tert-OH is 1. The van der Waals surface area contributed by atoms with E-state index in [1.54, 1.807) is 0 Å². The molecule has 0 heterocycles. The molecule has 2 nitrogen and oxygen atoms in total. The number of aliphatic hydroxyl groups is 1. The fourth-order valence-corrected chi connectivity index (χ4v) is 2.73. The molecular formula is C19H40O2. The Morgan fingerprint density at radius 1 is 0.762 bits per heavy atom. The van der Waals surface area contributed by atoms with Crippen molar-refractivity contribution in [1.82, 2.24) is 0 Å². The van der Waals surface area contributed by atoms with Gasteiger partial charge in [-0.3, -0.25) is 0 Å². The van der Waals surface area contributed by atoms with Crippen molar-refractivity contribution in [2.45, 2.75) is 111 Å². The quantitative estimate of drug-likeness (QED) is 0.392. The molecule has 0 rings (SSSR count). The normalized spacial score (nSPS) is 14.6. The van der Waals surface area contributed by atoms with Gasteiger partial charge in [0, 0.05) is 5.92 Å². The largest absolute Gasteiger partial charge is 0.393 e. The van der Waals surface area contributed by atoms with Crippen molar-refractivity contribution in [2.75, 3.05) is 6.61 Å². The Labute approximate surface area is 133 Å². The van der Waals surface area contributed by atoms with Crippen LogP contribution in [-0.4, -0.2) is 23.9 Å². The van der Waals surface area contributed by atoms with E-state index in [1.165, 1.54) is 51.4 Å². The summed E-state index contributed by atoms with van der Waals surface area (Å²) in [4.78, 5) is 0. The number of ether oxygens (including phenoxy) is 1. The Kier molecular flexibility index (Phi) is 14.8. The van der Waals surface area contributed by atoms with Crippen molar-refractivity contribution >= 4 is 0 Å². The van der Waals surface area contributed by atoms with Crippen LogP contribution in [0.15, 0.2) is 0 Å². The standard InChI is InChI=1S/C19H40O2/c1-5-7-9-11-13-15-19(20)18(16-21-17(3)4)14-12-10-8-6-2/h17-20H,5-16H2,1-4H3. The number of hydrogen-bond acceptors (Lipinski definition) is 2. The summed E-state index contributed by atoms with van der Waals surface area (Å²) in [5, 5.41) is 10.5. The molecule has 0 saturated carbocycles. The van der Waals surface area contributed by atoms with Crippen LogP contribution in [0.1, 0.15) is 98.3 Å². The molecule has 0 aromatic rings. The van der Waals surface area contributed by atoms with Crippen LogP contribution >= 0.6 is 0 Å². The molecule has 0 spiro atoms. The topological polar surface area (TPSA) is 29.5 Å². The summed E-state index contributed by atoms with van der Waals surface area (Å²) in [6, 6.07) is 0. The molecule has 2 unspecified atom stereocenters. The summed E-state index contributed by atoms with van der Waals surface area (Å²) in [6.07, 6.45) is 13.6. The zero-order valence-electron chi connectivity index (χ0n) is 15.1. The van der Waals surface area contributed by atoms with E-state index in [1.807, 2.05) is 0 Å². The van der Waals surface area contributed by atoms with Crippen LogP contribution in [0.5, 0.6) is 0 Å². The molecule has 2 atom stereocenters. The fraction of sp³-hybridized carbons (Fsp3) is 1.00. The second kappa shape index (κ2) is 14.8. The molecule has 0 saturated heterocycles. The van der Waals surface area contributed by atoms with Gasteiger partial charge in [0.15, 0.2) is 0 Å². The Bertz CT molecular complexity index is 204. The van der Waals surface area contributed by atoms with Gasteiger partial charge in [-0.25, -0.2) is 0 Å². The van der Waals surface area contributed by atoms with Crippen LogP contribution < -0.4 is 0 Å². The molecule has 0 aliphatic carbocycles. The van der Waals surface area contributed by atoms with Gasteiger partial charge >= 0.3 is 0 Å². The third-order valence-corrected chi connectivity index (χ3v) is 4.22. The first kappa shape index (κ1) is 20.9. The van der Waals surface area contributed by atoms with Gasteiger partial charge in [-0.15, -0.1) is 0 Å². The van der Waals surface area contributed by atoms with Gasteiger partial charge in [0.25, 0.3) is 0 Å². The molecule has 0 amide bonds. The highest BCUT2D eigenvalue weighted by molar-refractivity contribution is 4.70. The fourth-order valence-electron chi connectivity index (χ4n) is 2.73. The Hall–Kier alpha value is -0.0800. The third-order valence-electron chi connectivity index (χ3n) is 4.22. The van der Waals surface area contributed by atoms with Gasteiger partial charge in [0.1, 0.15) is 0 Å². The minimum absolute atomic E-state index is 0.174. The Morgan fingerprint density at radius 3 is 1.86 bits per heavy atom. The van der Waals surface area contributed by atoms with Gasteiger partial charge in [-0.2, -0.15) is 0 Å². The number of rotatable bonds is 15. The predicted octanol–water partition coefficient (Wildman–Crippen LogP) is 5.72. The van der Waals surface area contributed by atoms with E-state index in [0.717, 1.165) is 25.9 Å². The molecule has 0 fully saturated rings. The lowest BCUT2D eigenvalue weighted by molar-refractivity contribution is -0.00519. The van der Waals surface area contributed by atoms with Crippen LogP contribution in [0, 0.1) is 5.92 Å².